The molecule has 166 valence electrons. The van der Waals surface area contributed by atoms with Crippen molar-refractivity contribution in [2.75, 3.05) is 12.4 Å². The third kappa shape index (κ3) is 5.54. The van der Waals surface area contributed by atoms with Crippen LogP contribution in [0, 0.1) is 6.92 Å². The summed E-state index contributed by atoms with van der Waals surface area (Å²) in [5, 5.41) is 6.30. The Hall–Kier alpha value is -4.19. The summed E-state index contributed by atoms with van der Waals surface area (Å²) in [6.07, 6.45) is 1.54. The van der Waals surface area contributed by atoms with Crippen LogP contribution in [-0.4, -0.2) is 23.0 Å². The summed E-state index contributed by atoms with van der Waals surface area (Å²) in [6.45, 7) is 4.00. The molecular formula is C27H26N4O2. The minimum Gasteiger partial charge on any atom is -0.497 e. The second kappa shape index (κ2) is 9.96. The topological polar surface area (TPSA) is 76.1 Å². The van der Waals surface area contributed by atoms with Gasteiger partial charge in [0, 0.05) is 22.9 Å². The van der Waals surface area contributed by atoms with Crippen LogP contribution in [0.25, 0.3) is 11.3 Å². The molecular weight excluding hydrogens is 412 g/mol. The molecule has 4 rings (SSSR count). The Labute approximate surface area is 193 Å². The fraction of sp³-hybridized carbons (Fsp3) is 0.148. The van der Waals surface area contributed by atoms with Crippen LogP contribution < -0.4 is 15.4 Å². The molecule has 0 unspecified atom stereocenters. The lowest BCUT2D eigenvalue weighted by atomic mass is 10.1. The number of nitrogens with zero attached hydrogens (tertiary/aromatic N) is 2. The van der Waals surface area contributed by atoms with E-state index in [1.54, 1.807) is 25.6 Å². The lowest BCUT2D eigenvalue weighted by Gasteiger charge is -2.15. The van der Waals surface area contributed by atoms with E-state index in [0.717, 1.165) is 28.3 Å². The Bertz CT molecular complexity index is 1240. The SMILES string of the molecule is COc1cccc([C@@H](C)NC(=O)c2ccc(Nc3cc(-c4ccc(C)cc4)ncn3)cc2)c1. The quantitative estimate of drug-likeness (QED) is 0.387. The van der Waals surface area contributed by atoms with Crippen LogP contribution in [0.1, 0.15) is 34.5 Å². The first-order valence-corrected chi connectivity index (χ1v) is 10.7. The number of hydrogen-bond acceptors (Lipinski definition) is 5. The molecule has 0 spiro atoms. The van der Waals surface area contributed by atoms with Gasteiger partial charge >= 0.3 is 0 Å². The zero-order valence-electron chi connectivity index (χ0n) is 18.9. The van der Waals surface area contributed by atoms with E-state index in [0.29, 0.717) is 11.4 Å². The first kappa shape index (κ1) is 22.0. The molecule has 1 atom stereocenters. The number of ether oxygens (including phenoxy) is 1. The first-order chi connectivity index (χ1) is 16.0. The third-order valence-corrected chi connectivity index (χ3v) is 5.38. The second-order valence-electron chi connectivity index (χ2n) is 7.83. The Morgan fingerprint density at radius 2 is 1.70 bits per heavy atom. The third-order valence-electron chi connectivity index (χ3n) is 5.38. The highest BCUT2D eigenvalue weighted by molar-refractivity contribution is 5.94. The maximum Gasteiger partial charge on any atom is 0.251 e. The number of hydrogen-bond donors (Lipinski definition) is 2. The second-order valence-corrected chi connectivity index (χ2v) is 7.83. The molecule has 2 N–H and O–H groups in total. The van der Waals surface area contributed by atoms with Gasteiger partial charge in [-0.15, -0.1) is 0 Å². The maximum atomic E-state index is 12.7. The van der Waals surface area contributed by atoms with Crippen molar-refractivity contribution in [1.29, 1.82) is 0 Å². The van der Waals surface area contributed by atoms with Gasteiger partial charge in [0.25, 0.3) is 5.91 Å². The molecule has 0 radical (unpaired) electrons. The van der Waals surface area contributed by atoms with Crippen LogP contribution in [0.2, 0.25) is 0 Å². The minimum absolute atomic E-state index is 0.138. The van der Waals surface area contributed by atoms with Crippen molar-refractivity contribution in [3.63, 3.8) is 0 Å². The molecule has 4 aromatic rings. The molecule has 1 aromatic heterocycles. The number of methoxy groups -OCH3 is 1. The highest BCUT2D eigenvalue weighted by Gasteiger charge is 2.12. The zero-order chi connectivity index (χ0) is 23.2. The van der Waals surface area contributed by atoms with Gasteiger partial charge in [0.05, 0.1) is 18.8 Å². The summed E-state index contributed by atoms with van der Waals surface area (Å²) in [5.41, 5.74) is 5.47. The predicted octanol–water partition coefficient (Wildman–Crippen LogP) is 5.70. The van der Waals surface area contributed by atoms with Crippen molar-refractivity contribution in [2.45, 2.75) is 19.9 Å². The molecule has 3 aromatic carbocycles. The van der Waals surface area contributed by atoms with Gasteiger partial charge in [0.1, 0.15) is 17.9 Å². The van der Waals surface area contributed by atoms with E-state index in [-0.39, 0.29) is 11.9 Å². The van der Waals surface area contributed by atoms with Crippen LogP contribution in [0.4, 0.5) is 11.5 Å². The van der Waals surface area contributed by atoms with Crippen LogP contribution >= 0.6 is 0 Å². The van der Waals surface area contributed by atoms with Crippen molar-refractivity contribution in [3.8, 4) is 17.0 Å². The van der Waals surface area contributed by atoms with Gasteiger partial charge in [-0.05, 0) is 55.8 Å². The first-order valence-electron chi connectivity index (χ1n) is 10.7. The van der Waals surface area contributed by atoms with Gasteiger partial charge < -0.3 is 15.4 Å². The van der Waals surface area contributed by atoms with Gasteiger partial charge in [0.2, 0.25) is 0 Å². The molecule has 0 aliphatic heterocycles. The van der Waals surface area contributed by atoms with E-state index in [9.17, 15) is 4.79 Å². The molecule has 1 amide bonds. The van der Waals surface area contributed by atoms with Crippen molar-refractivity contribution in [3.05, 3.63) is 102 Å². The summed E-state index contributed by atoms with van der Waals surface area (Å²) in [5.74, 6) is 1.31. The number of nitrogens with one attached hydrogen (secondary N) is 2. The van der Waals surface area contributed by atoms with Crippen LogP contribution in [-0.2, 0) is 0 Å². The predicted molar refractivity (Wildman–Crippen MR) is 131 cm³/mol. The monoisotopic (exact) mass is 438 g/mol. The highest BCUT2D eigenvalue weighted by atomic mass is 16.5. The lowest BCUT2D eigenvalue weighted by Crippen LogP contribution is -2.26. The van der Waals surface area contributed by atoms with Crippen molar-refractivity contribution < 1.29 is 9.53 Å². The summed E-state index contributed by atoms with van der Waals surface area (Å²) >= 11 is 0. The Kier molecular flexibility index (Phi) is 6.64. The number of rotatable bonds is 7. The van der Waals surface area contributed by atoms with Gasteiger partial charge in [-0.3, -0.25) is 4.79 Å². The fourth-order valence-corrected chi connectivity index (χ4v) is 3.43. The molecule has 33 heavy (non-hydrogen) atoms. The van der Waals surface area contributed by atoms with Crippen LogP contribution in [0.3, 0.4) is 0 Å². The summed E-state index contributed by atoms with van der Waals surface area (Å²) in [7, 11) is 1.63. The Balaban J connectivity index is 1.41. The number of carbonyl (C=O) groups is 1. The van der Waals surface area contributed by atoms with Crippen molar-refractivity contribution >= 4 is 17.4 Å². The molecule has 0 aliphatic rings. The lowest BCUT2D eigenvalue weighted by molar-refractivity contribution is 0.0940. The number of aromatic nitrogens is 2. The van der Waals surface area contributed by atoms with E-state index < -0.39 is 0 Å². The standard InChI is InChI=1S/C27H26N4O2/c1-18-7-9-20(10-8-18)25-16-26(29-17-28-25)31-23-13-11-21(12-14-23)27(32)30-19(2)22-5-4-6-24(15-22)33-3/h4-17,19H,1-3H3,(H,30,32)(H,28,29,31)/t19-/m1/s1. The maximum absolute atomic E-state index is 12.7. The van der Waals surface area contributed by atoms with Crippen LogP contribution in [0.15, 0.2) is 85.2 Å². The Morgan fingerprint density at radius 1 is 0.939 bits per heavy atom. The number of carbonyl (C=O) groups excluding carboxylic acids is 1. The largest absolute Gasteiger partial charge is 0.497 e. The summed E-state index contributed by atoms with van der Waals surface area (Å²) in [4.78, 5) is 21.4. The zero-order valence-corrected chi connectivity index (χ0v) is 18.9. The molecule has 1 heterocycles. The average molecular weight is 439 g/mol. The number of anilines is 2. The smallest absolute Gasteiger partial charge is 0.251 e. The number of benzene rings is 3. The van der Waals surface area contributed by atoms with Crippen molar-refractivity contribution in [1.82, 2.24) is 15.3 Å². The highest BCUT2D eigenvalue weighted by Crippen LogP contribution is 2.22. The van der Waals surface area contributed by atoms with Crippen LogP contribution in [0.5, 0.6) is 5.75 Å². The molecule has 0 saturated carbocycles. The Morgan fingerprint density at radius 3 is 2.42 bits per heavy atom. The van der Waals surface area contributed by atoms with E-state index in [4.69, 9.17) is 4.74 Å². The molecule has 0 saturated heterocycles. The fourth-order valence-electron chi connectivity index (χ4n) is 3.43. The van der Waals surface area contributed by atoms with E-state index in [1.807, 2.05) is 61.5 Å². The molecule has 6 heteroatoms. The van der Waals surface area contributed by atoms with Gasteiger partial charge in [-0.2, -0.15) is 0 Å². The van der Waals surface area contributed by atoms with Gasteiger partial charge in [-0.25, -0.2) is 9.97 Å². The van der Waals surface area contributed by atoms with Gasteiger partial charge in [-0.1, -0.05) is 42.0 Å². The van der Waals surface area contributed by atoms with E-state index >= 15 is 0 Å². The summed E-state index contributed by atoms with van der Waals surface area (Å²) < 4.78 is 5.27. The van der Waals surface area contributed by atoms with E-state index in [2.05, 4.69) is 39.7 Å². The molecule has 0 aliphatic carbocycles. The van der Waals surface area contributed by atoms with E-state index in [1.165, 1.54) is 5.56 Å². The van der Waals surface area contributed by atoms with Crippen molar-refractivity contribution in [2.24, 2.45) is 0 Å². The molecule has 0 fully saturated rings. The minimum atomic E-state index is -0.147. The van der Waals surface area contributed by atoms with Gasteiger partial charge in [0.15, 0.2) is 0 Å². The molecule has 0 bridgehead atoms. The summed E-state index contributed by atoms with van der Waals surface area (Å²) in [6, 6.07) is 24.9. The average Bonchev–Trinajstić information content (AvgIpc) is 2.85. The normalized spacial score (nSPS) is 11.5. The number of amides is 1. The number of aryl methyl sites for hydroxylation is 1. The molecule has 6 nitrogen and oxygen atoms in total.